The van der Waals surface area contributed by atoms with Crippen LogP contribution in [0.4, 0.5) is 0 Å². The van der Waals surface area contributed by atoms with E-state index in [2.05, 4.69) is 45.6 Å². The van der Waals surface area contributed by atoms with Crippen LogP contribution >= 0.6 is 0 Å². The lowest BCUT2D eigenvalue weighted by molar-refractivity contribution is 0.0527. The van der Waals surface area contributed by atoms with E-state index in [9.17, 15) is 0 Å². The Morgan fingerprint density at radius 3 is 2.55 bits per heavy atom. The van der Waals surface area contributed by atoms with E-state index >= 15 is 0 Å². The van der Waals surface area contributed by atoms with E-state index in [0.29, 0.717) is 6.10 Å². The van der Waals surface area contributed by atoms with E-state index in [1.54, 1.807) is 0 Å². The smallest absolute Gasteiger partial charge is 0.124 e. The number of hydrogen-bond acceptors (Lipinski definition) is 4. The Bertz CT molecular complexity index is 829. The van der Waals surface area contributed by atoms with Gasteiger partial charge in [0, 0.05) is 32.3 Å². The van der Waals surface area contributed by atoms with Gasteiger partial charge in [0.05, 0.1) is 23.7 Å². The summed E-state index contributed by atoms with van der Waals surface area (Å²) >= 11 is 0. The van der Waals surface area contributed by atoms with E-state index in [-0.39, 0.29) is 0 Å². The fourth-order valence-electron chi connectivity index (χ4n) is 6.21. The molecule has 3 aliphatic rings. The Hall–Kier alpha value is -1.43. The molecule has 5 heteroatoms. The second-order valence-electron chi connectivity index (χ2n) is 10.0. The van der Waals surface area contributed by atoms with Gasteiger partial charge in [-0.2, -0.15) is 0 Å². The number of para-hydroxylation sites is 2. The molecular formula is C26H40N4O. The minimum atomic E-state index is 0.401. The second-order valence-corrected chi connectivity index (χ2v) is 10.0. The third-order valence-electron chi connectivity index (χ3n) is 7.91. The SMILES string of the molecule is CCn1c(CN(CC2CCN(C3CCCC3)CC2)CC2CCCO2)nc2ccccc21. The summed E-state index contributed by atoms with van der Waals surface area (Å²) in [6, 6.07) is 9.46. The lowest BCUT2D eigenvalue weighted by Crippen LogP contribution is -2.43. The first-order valence-electron chi connectivity index (χ1n) is 12.8. The highest BCUT2D eigenvalue weighted by Gasteiger charge is 2.29. The average molecular weight is 425 g/mol. The summed E-state index contributed by atoms with van der Waals surface area (Å²) in [6.45, 7) is 9.93. The van der Waals surface area contributed by atoms with Crippen LogP contribution in [0.3, 0.4) is 0 Å². The predicted molar refractivity (Wildman–Crippen MR) is 126 cm³/mol. The number of aromatic nitrogens is 2. The molecule has 1 aromatic carbocycles. The summed E-state index contributed by atoms with van der Waals surface area (Å²) in [5, 5.41) is 0. The topological polar surface area (TPSA) is 33.5 Å². The van der Waals surface area contributed by atoms with Crippen LogP contribution in [-0.2, 0) is 17.8 Å². The largest absolute Gasteiger partial charge is 0.377 e. The Labute approximate surface area is 187 Å². The zero-order valence-electron chi connectivity index (χ0n) is 19.3. The number of benzene rings is 1. The fourth-order valence-corrected chi connectivity index (χ4v) is 6.21. The van der Waals surface area contributed by atoms with Crippen molar-refractivity contribution in [3.05, 3.63) is 30.1 Å². The maximum atomic E-state index is 6.03. The molecule has 0 amide bonds. The molecule has 170 valence electrons. The van der Waals surface area contributed by atoms with Gasteiger partial charge < -0.3 is 14.2 Å². The lowest BCUT2D eigenvalue weighted by Gasteiger charge is -2.38. The van der Waals surface area contributed by atoms with Crippen molar-refractivity contribution >= 4 is 11.0 Å². The van der Waals surface area contributed by atoms with Crippen LogP contribution in [-0.4, -0.2) is 64.3 Å². The van der Waals surface area contributed by atoms with Gasteiger partial charge in [0.2, 0.25) is 0 Å². The second kappa shape index (κ2) is 10.0. The van der Waals surface area contributed by atoms with Gasteiger partial charge in [-0.25, -0.2) is 4.98 Å². The molecule has 3 heterocycles. The zero-order valence-corrected chi connectivity index (χ0v) is 19.3. The van der Waals surface area contributed by atoms with Crippen molar-refractivity contribution in [2.45, 2.75) is 83.5 Å². The van der Waals surface area contributed by atoms with E-state index in [1.165, 1.54) is 82.3 Å². The van der Waals surface area contributed by atoms with Crippen LogP contribution in [0.25, 0.3) is 11.0 Å². The van der Waals surface area contributed by atoms with Crippen molar-refractivity contribution in [1.82, 2.24) is 19.4 Å². The van der Waals surface area contributed by atoms with Crippen LogP contribution in [0.1, 0.15) is 64.1 Å². The molecule has 1 saturated carbocycles. The first-order chi connectivity index (χ1) is 15.3. The molecule has 1 aliphatic carbocycles. The van der Waals surface area contributed by atoms with Crippen molar-refractivity contribution in [3.8, 4) is 0 Å². The summed E-state index contributed by atoms with van der Waals surface area (Å²) in [5.74, 6) is 2.02. The van der Waals surface area contributed by atoms with Crippen molar-refractivity contribution in [3.63, 3.8) is 0 Å². The summed E-state index contributed by atoms with van der Waals surface area (Å²) in [6.07, 6.45) is 11.3. The summed E-state index contributed by atoms with van der Waals surface area (Å²) < 4.78 is 8.44. The number of rotatable bonds is 8. The van der Waals surface area contributed by atoms with Gasteiger partial charge in [0.25, 0.3) is 0 Å². The van der Waals surface area contributed by atoms with E-state index in [4.69, 9.17) is 9.72 Å². The quantitative estimate of drug-likeness (QED) is 0.615. The number of imidazole rings is 1. The number of likely N-dealkylation sites (tertiary alicyclic amines) is 1. The lowest BCUT2D eigenvalue weighted by atomic mass is 9.94. The van der Waals surface area contributed by atoms with Gasteiger partial charge in [0.1, 0.15) is 5.82 Å². The molecule has 0 N–H and O–H groups in total. The normalized spacial score (nSPS) is 24.1. The van der Waals surface area contributed by atoms with Gasteiger partial charge in [-0.05, 0) is 76.6 Å². The molecule has 2 aromatic rings. The van der Waals surface area contributed by atoms with Gasteiger partial charge in [-0.15, -0.1) is 0 Å². The molecule has 31 heavy (non-hydrogen) atoms. The number of piperidine rings is 1. The van der Waals surface area contributed by atoms with E-state index in [1.807, 2.05) is 0 Å². The van der Waals surface area contributed by atoms with Crippen LogP contribution in [0.5, 0.6) is 0 Å². The summed E-state index contributed by atoms with van der Waals surface area (Å²) in [7, 11) is 0. The number of hydrogen-bond donors (Lipinski definition) is 0. The molecule has 0 radical (unpaired) electrons. The molecule has 2 aliphatic heterocycles. The molecule has 5 nitrogen and oxygen atoms in total. The minimum Gasteiger partial charge on any atom is -0.377 e. The number of fused-ring (bicyclic) bond motifs is 1. The minimum absolute atomic E-state index is 0.401. The molecule has 0 bridgehead atoms. The first-order valence-corrected chi connectivity index (χ1v) is 12.8. The Morgan fingerprint density at radius 2 is 1.81 bits per heavy atom. The molecule has 1 aromatic heterocycles. The third kappa shape index (κ3) is 4.99. The van der Waals surface area contributed by atoms with Gasteiger partial charge in [-0.3, -0.25) is 4.90 Å². The Balaban J connectivity index is 1.26. The molecule has 1 unspecified atom stereocenters. The molecule has 1 atom stereocenters. The standard InChI is InChI=1S/C26H40N4O/c1-2-30-25-12-6-5-11-24(25)27-26(30)20-28(19-23-10-7-17-31-23)18-21-13-15-29(16-14-21)22-8-3-4-9-22/h5-6,11-12,21-23H,2-4,7-10,13-20H2,1H3. The van der Waals surface area contributed by atoms with Crippen molar-refractivity contribution in [1.29, 1.82) is 0 Å². The molecular weight excluding hydrogens is 384 g/mol. The average Bonchev–Trinajstić information content (AvgIpc) is 3.55. The highest BCUT2D eigenvalue weighted by Crippen LogP contribution is 2.29. The summed E-state index contributed by atoms with van der Waals surface area (Å²) in [4.78, 5) is 10.5. The van der Waals surface area contributed by atoms with Gasteiger partial charge in [-0.1, -0.05) is 25.0 Å². The van der Waals surface area contributed by atoms with Gasteiger partial charge >= 0.3 is 0 Å². The monoisotopic (exact) mass is 424 g/mol. The zero-order chi connectivity index (χ0) is 21.0. The van der Waals surface area contributed by atoms with Crippen molar-refractivity contribution in [2.24, 2.45) is 5.92 Å². The van der Waals surface area contributed by atoms with Gasteiger partial charge in [0.15, 0.2) is 0 Å². The Kier molecular flexibility index (Phi) is 6.92. The molecule has 0 spiro atoms. The van der Waals surface area contributed by atoms with Crippen molar-refractivity contribution in [2.75, 3.05) is 32.8 Å². The maximum absolute atomic E-state index is 6.03. The number of ether oxygens (including phenoxy) is 1. The van der Waals surface area contributed by atoms with Crippen LogP contribution in [0.15, 0.2) is 24.3 Å². The predicted octanol–water partition coefficient (Wildman–Crippen LogP) is 4.69. The molecule has 5 rings (SSSR count). The van der Waals surface area contributed by atoms with E-state index in [0.717, 1.165) is 43.7 Å². The Morgan fingerprint density at radius 1 is 1.00 bits per heavy atom. The number of nitrogens with zero attached hydrogens (tertiary/aromatic N) is 4. The van der Waals surface area contributed by atoms with E-state index < -0.39 is 0 Å². The number of aryl methyl sites for hydroxylation is 1. The van der Waals surface area contributed by atoms with Crippen molar-refractivity contribution < 1.29 is 4.74 Å². The summed E-state index contributed by atoms with van der Waals surface area (Å²) in [5.41, 5.74) is 2.39. The first kappa shape index (κ1) is 21.4. The van der Waals surface area contributed by atoms with Crippen LogP contribution in [0.2, 0.25) is 0 Å². The van der Waals surface area contributed by atoms with Crippen LogP contribution in [0, 0.1) is 5.92 Å². The third-order valence-corrected chi connectivity index (χ3v) is 7.91. The highest BCUT2D eigenvalue weighted by atomic mass is 16.5. The molecule has 2 saturated heterocycles. The highest BCUT2D eigenvalue weighted by molar-refractivity contribution is 5.75. The maximum Gasteiger partial charge on any atom is 0.124 e. The molecule has 3 fully saturated rings. The van der Waals surface area contributed by atoms with Crippen LogP contribution < -0.4 is 0 Å². The fraction of sp³-hybridized carbons (Fsp3) is 0.731.